The van der Waals surface area contributed by atoms with Gasteiger partial charge in [-0.1, -0.05) is 37.3 Å². The molecule has 2 atom stereocenters. The number of halogens is 1. The predicted octanol–water partition coefficient (Wildman–Crippen LogP) is 2.37. The van der Waals surface area contributed by atoms with Crippen LogP contribution in [0.2, 0.25) is 0 Å². The Balaban J connectivity index is 1.85. The number of carbonyl (C=O) groups excluding carboxylic acids is 1. The highest BCUT2D eigenvalue weighted by Crippen LogP contribution is 2.18. The van der Waals surface area contributed by atoms with Crippen molar-refractivity contribution in [1.29, 1.82) is 0 Å². The van der Waals surface area contributed by atoms with Crippen molar-refractivity contribution in [2.75, 3.05) is 13.1 Å². The van der Waals surface area contributed by atoms with Gasteiger partial charge in [0.25, 0.3) is 5.91 Å². The van der Waals surface area contributed by atoms with Gasteiger partial charge >= 0.3 is 0 Å². The number of nitrogens with zero attached hydrogens (tertiary/aromatic N) is 1. The summed E-state index contributed by atoms with van der Waals surface area (Å²) in [6.45, 7) is 5.17. The van der Waals surface area contributed by atoms with Crippen molar-refractivity contribution in [1.82, 2.24) is 10.2 Å². The van der Waals surface area contributed by atoms with Gasteiger partial charge in [0, 0.05) is 47.5 Å². The highest BCUT2D eigenvalue weighted by Gasteiger charge is 2.26. The normalized spacial score (nSPS) is 22.7. The molecule has 1 N–H and O–H groups in total. The maximum Gasteiger partial charge on any atom is 0.296 e. The van der Waals surface area contributed by atoms with Crippen LogP contribution in [-0.4, -0.2) is 29.9 Å². The van der Waals surface area contributed by atoms with Crippen molar-refractivity contribution >= 4 is 21.8 Å². The Bertz CT molecular complexity index is 506. The monoisotopic (exact) mass is 334 g/mol. The molecular formula is C16H19BrN2O. The van der Waals surface area contributed by atoms with Crippen LogP contribution in [0.15, 0.2) is 30.3 Å². The summed E-state index contributed by atoms with van der Waals surface area (Å²) in [5, 5.41) is 2.98. The summed E-state index contributed by atoms with van der Waals surface area (Å²) in [6, 6.07) is 10.7. The number of nitrogens with one attached hydrogen (secondary N) is 1. The van der Waals surface area contributed by atoms with Crippen LogP contribution in [-0.2, 0) is 11.3 Å². The fourth-order valence-electron chi connectivity index (χ4n) is 2.68. The van der Waals surface area contributed by atoms with Crippen LogP contribution in [0.25, 0.3) is 0 Å². The van der Waals surface area contributed by atoms with Crippen LogP contribution in [0.3, 0.4) is 0 Å². The summed E-state index contributed by atoms with van der Waals surface area (Å²) in [5.41, 5.74) is 1.34. The third-order valence-corrected chi connectivity index (χ3v) is 3.91. The van der Waals surface area contributed by atoms with Gasteiger partial charge in [0.2, 0.25) is 0 Å². The lowest BCUT2D eigenvalue weighted by atomic mass is 9.93. The van der Waals surface area contributed by atoms with Crippen LogP contribution in [0.5, 0.6) is 0 Å². The number of carbonyl (C=O) groups is 1. The lowest BCUT2D eigenvalue weighted by molar-refractivity contribution is -0.117. The van der Waals surface area contributed by atoms with E-state index in [9.17, 15) is 4.79 Å². The zero-order valence-corrected chi connectivity index (χ0v) is 13.2. The van der Waals surface area contributed by atoms with Gasteiger partial charge in [0.05, 0.1) is 0 Å². The zero-order chi connectivity index (χ0) is 14.4. The van der Waals surface area contributed by atoms with Gasteiger partial charge in [0.1, 0.15) is 0 Å². The Morgan fingerprint density at radius 1 is 1.45 bits per heavy atom. The van der Waals surface area contributed by atoms with E-state index in [-0.39, 0.29) is 11.9 Å². The molecule has 0 bridgehead atoms. The molecule has 1 aromatic rings. The summed E-state index contributed by atoms with van der Waals surface area (Å²) in [5.74, 6) is 2.71. The quantitative estimate of drug-likeness (QED) is 0.860. The molecule has 20 heavy (non-hydrogen) atoms. The highest BCUT2D eigenvalue weighted by molar-refractivity contribution is 9.12. The van der Waals surface area contributed by atoms with Crippen LogP contribution < -0.4 is 5.32 Å². The second-order valence-electron chi connectivity index (χ2n) is 5.29. The third-order valence-electron chi connectivity index (χ3n) is 3.72. The first-order valence-corrected chi connectivity index (χ1v) is 7.66. The summed E-state index contributed by atoms with van der Waals surface area (Å²) in [6.07, 6.45) is 0.976. The van der Waals surface area contributed by atoms with E-state index >= 15 is 0 Å². The number of rotatable bonds is 3. The first kappa shape index (κ1) is 15.1. The number of hydrogen-bond acceptors (Lipinski definition) is 2. The van der Waals surface area contributed by atoms with Crippen LogP contribution in [0.1, 0.15) is 18.9 Å². The van der Waals surface area contributed by atoms with Gasteiger partial charge in [-0.3, -0.25) is 9.69 Å². The smallest absolute Gasteiger partial charge is 0.296 e. The van der Waals surface area contributed by atoms with Gasteiger partial charge < -0.3 is 5.32 Å². The minimum atomic E-state index is -0.199. The van der Waals surface area contributed by atoms with E-state index in [0.717, 1.165) is 26.1 Å². The fraction of sp³-hybridized carbons (Fsp3) is 0.438. The van der Waals surface area contributed by atoms with Gasteiger partial charge in [-0.25, -0.2) is 0 Å². The van der Waals surface area contributed by atoms with Crippen molar-refractivity contribution in [2.45, 2.75) is 25.9 Å². The molecule has 1 heterocycles. The molecule has 0 spiro atoms. The van der Waals surface area contributed by atoms with E-state index in [0.29, 0.717) is 5.92 Å². The third kappa shape index (κ3) is 4.36. The van der Waals surface area contributed by atoms with Crippen molar-refractivity contribution in [3.8, 4) is 10.8 Å². The molecule has 0 radical (unpaired) electrons. The second kappa shape index (κ2) is 7.47. The van der Waals surface area contributed by atoms with E-state index < -0.39 is 0 Å². The summed E-state index contributed by atoms with van der Waals surface area (Å²) in [7, 11) is 0. The average molecular weight is 335 g/mol. The molecule has 106 valence electrons. The number of likely N-dealkylation sites (tertiary alicyclic amines) is 1. The minimum absolute atomic E-state index is 0.199. The minimum Gasteiger partial charge on any atom is -0.342 e. The maximum atomic E-state index is 11.5. The Morgan fingerprint density at radius 2 is 2.20 bits per heavy atom. The second-order valence-corrected chi connectivity index (χ2v) is 5.68. The van der Waals surface area contributed by atoms with E-state index in [1.54, 1.807) is 0 Å². The van der Waals surface area contributed by atoms with Crippen molar-refractivity contribution in [3.05, 3.63) is 35.9 Å². The maximum absolute atomic E-state index is 11.5. The van der Waals surface area contributed by atoms with Gasteiger partial charge in [0.15, 0.2) is 0 Å². The largest absolute Gasteiger partial charge is 0.342 e. The average Bonchev–Trinajstić information content (AvgIpc) is 2.43. The Hall–Kier alpha value is -1.31. The van der Waals surface area contributed by atoms with Crippen LogP contribution >= 0.6 is 15.9 Å². The molecule has 1 amide bonds. The molecule has 1 aliphatic heterocycles. The Kier molecular flexibility index (Phi) is 5.63. The van der Waals surface area contributed by atoms with Gasteiger partial charge in [-0.2, -0.15) is 0 Å². The van der Waals surface area contributed by atoms with E-state index in [2.05, 4.69) is 68.1 Å². The van der Waals surface area contributed by atoms with Crippen molar-refractivity contribution in [3.63, 3.8) is 0 Å². The summed E-state index contributed by atoms with van der Waals surface area (Å²) >= 11 is 2.95. The molecule has 3 nitrogen and oxygen atoms in total. The molecule has 2 rings (SSSR count). The zero-order valence-electron chi connectivity index (χ0n) is 11.6. The molecule has 1 fully saturated rings. The molecule has 0 saturated carbocycles. The number of benzene rings is 1. The molecule has 0 aromatic heterocycles. The number of piperidine rings is 1. The summed E-state index contributed by atoms with van der Waals surface area (Å²) in [4.78, 5) is 16.4. The number of hydrogen-bond donors (Lipinski definition) is 1. The van der Waals surface area contributed by atoms with Gasteiger partial charge in [-0.15, -0.1) is 0 Å². The molecule has 1 aromatic carbocycles. The van der Waals surface area contributed by atoms with E-state index in [1.165, 1.54) is 5.56 Å². The van der Waals surface area contributed by atoms with Crippen molar-refractivity contribution < 1.29 is 4.79 Å². The SMILES string of the molecule is CC1CN(Cc2ccccc2)CCC1NC(=O)C#CBr. The first-order chi connectivity index (χ1) is 9.69. The lowest BCUT2D eigenvalue weighted by Crippen LogP contribution is -2.49. The number of amides is 1. The van der Waals surface area contributed by atoms with Crippen LogP contribution in [0.4, 0.5) is 0 Å². The van der Waals surface area contributed by atoms with E-state index in [4.69, 9.17) is 0 Å². The first-order valence-electron chi connectivity index (χ1n) is 6.87. The lowest BCUT2D eigenvalue weighted by Gasteiger charge is -2.37. The Labute approximate surface area is 128 Å². The van der Waals surface area contributed by atoms with Crippen LogP contribution in [0, 0.1) is 16.7 Å². The molecule has 0 aliphatic carbocycles. The predicted molar refractivity (Wildman–Crippen MR) is 84.1 cm³/mol. The molecule has 4 heteroatoms. The van der Waals surface area contributed by atoms with Gasteiger partial charge in [-0.05, 0) is 22.7 Å². The molecular weight excluding hydrogens is 316 g/mol. The van der Waals surface area contributed by atoms with Crippen molar-refractivity contribution in [2.24, 2.45) is 5.92 Å². The molecule has 1 aliphatic rings. The van der Waals surface area contributed by atoms with E-state index in [1.807, 2.05) is 6.07 Å². The standard InChI is InChI=1S/C16H19BrN2O/c1-13-11-19(12-14-5-3-2-4-6-14)10-8-15(13)18-16(20)7-9-17/h2-6,13,15H,8,10-12H2,1H3,(H,18,20). The Morgan fingerprint density at radius 3 is 2.85 bits per heavy atom. The highest BCUT2D eigenvalue weighted by atomic mass is 79.9. The topological polar surface area (TPSA) is 32.3 Å². The fourth-order valence-corrected chi connectivity index (χ4v) is 2.86. The molecule has 2 unspecified atom stereocenters. The summed E-state index contributed by atoms with van der Waals surface area (Å²) < 4.78 is 0. The molecule has 1 saturated heterocycles.